The Labute approximate surface area is 84.8 Å². The summed E-state index contributed by atoms with van der Waals surface area (Å²) in [6, 6.07) is 4.18. The van der Waals surface area contributed by atoms with E-state index in [1.165, 1.54) is 18.1 Å². The second kappa shape index (κ2) is 6.38. The van der Waals surface area contributed by atoms with Crippen LogP contribution in [0.5, 0.6) is 0 Å². The molecule has 0 rings (SSSR count). The molecule has 0 radical (unpaired) electrons. The number of hydrogen-bond acceptors (Lipinski definition) is 1. The van der Waals surface area contributed by atoms with Gasteiger partial charge in [0.2, 0.25) is 0 Å². The molecule has 0 N–H and O–H groups in total. The smallest absolute Gasteiger partial charge is 0.0766 e. The Bertz CT molecular complexity index is 140. The maximum absolute atomic E-state index is 2.55. The van der Waals surface area contributed by atoms with Gasteiger partial charge in [0.05, 0.1) is 8.07 Å². The molecule has 0 unspecified atom stereocenters. The summed E-state index contributed by atoms with van der Waals surface area (Å²) in [5.41, 5.74) is 2.55. The van der Waals surface area contributed by atoms with Crippen LogP contribution in [0.15, 0.2) is 11.8 Å². The van der Waals surface area contributed by atoms with Crippen LogP contribution in [-0.2, 0) is 0 Å². The highest BCUT2D eigenvalue weighted by Crippen LogP contribution is 2.21. The second-order valence-corrected chi connectivity index (χ2v) is 9.27. The Kier molecular flexibility index (Phi) is 6.34. The van der Waals surface area contributed by atoms with E-state index in [9.17, 15) is 0 Å². The third-order valence-electron chi connectivity index (χ3n) is 3.05. The van der Waals surface area contributed by atoms with Crippen molar-refractivity contribution in [2.24, 2.45) is 0 Å². The minimum Gasteiger partial charge on any atom is -0.306 e. The molecule has 0 saturated carbocycles. The van der Waals surface area contributed by atoms with Crippen LogP contribution in [0.1, 0.15) is 20.8 Å². The van der Waals surface area contributed by atoms with Crippen LogP contribution in [0.4, 0.5) is 0 Å². The molecule has 0 atom stereocenters. The largest absolute Gasteiger partial charge is 0.306 e. The van der Waals surface area contributed by atoms with Gasteiger partial charge < -0.3 is 4.90 Å². The summed E-state index contributed by atoms with van der Waals surface area (Å²) >= 11 is 0. The van der Waals surface area contributed by atoms with Gasteiger partial charge in [-0.1, -0.05) is 50.7 Å². The van der Waals surface area contributed by atoms with Gasteiger partial charge in [0.1, 0.15) is 0 Å². The highest BCUT2D eigenvalue weighted by molar-refractivity contribution is 6.84. The zero-order valence-corrected chi connectivity index (χ0v) is 10.9. The van der Waals surface area contributed by atoms with E-state index in [2.05, 4.69) is 51.5 Å². The van der Waals surface area contributed by atoms with Gasteiger partial charge in [-0.15, -0.1) is 0 Å². The van der Waals surface area contributed by atoms with Gasteiger partial charge in [0.25, 0.3) is 0 Å². The zero-order valence-electron chi connectivity index (χ0n) is 9.93. The zero-order chi connectivity index (χ0) is 10.3. The molecule has 1 nitrogen and oxygen atoms in total. The predicted octanol–water partition coefficient (Wildman–Crippen LogP) is 3.15. The summed E-state index contributed by atoms with van der Waals surface area (Å²) in [4.78, 5) is 2.22. The lowest BCUT2D eigenvalue weighted by molar-refractivity contribution is 0.456. The van der Waals surface area contributed by atoms with E-state index in [1.54, 1.807) is 0 Å². The summed E-state index contributed by atoms with van der Waals surface area (Å²) < 4.78 is 0. The van der Waals surface area contributed by atoms with Crippen molar-refractivity contribution in [3.8, 4) is 0 Å². The molecule has 0 heterocycles. The van der Waals surface area contributed by atoms with Crippen molar-refractivity contribution in [1.29, 1.82) is 0 Å². The Morgan fingerprint density at radius 1 is 1.00 bits per heavy atom. The highest BCUT2D eigenvalue weighted by atomic mass is 28.3. The highest BCUT2D eigenvalue weighted by Gasteiger charge is 2.22. The first kappa shape index (κ1) is 12.9. The lowest BCUT2D eigenvalue weighted by Crippen LogP contribution is -2.29. The first-order valence-electron chi connectivity index (χ1n) is 5.42. The van der Waals surface area contributed by atoms with E-state index in [1.807, 2.05) is 0 Å². The Balaban J connectivity index is 4.15. The Hall–Kier alpha value is -0.0831. The van der Waals surface area contributed by atoms with Crippen molar-refractivity contribution >= 4 is 8.07 Å². The third kappa shape index (κ3) is 4.63. The van der Waals surface area contributed by atoms with Gasteiger partial charge in [0.15, 0.2) is 0 Å². The van der Waals surface area contributed by atoms with Gasteiger partial charge in [-0.05, 0) is 14.1 Å². The molecule has 78 valence electrons. The van der Waals surface area contributed by atoms with Crippen molar-refractivity contribution in [3.63, 3.8) is 0 Å². The van der Waals surface area contributed by atoms with Gasteiger partial charge in [-0.3, -0.25) is 0 Å². The summed E-state index contributed by atoms with van der Waals surface area (Å²) in [7, 11) is 3.25. The molecule has 13 heavy (non-hydrogen) atoms. The fraction of sp³-hybridized carbons (Fsp3) is 0.818. The van der Waals surface area contributed by atoms with Crippen molar-refractivity contribution in [3.05, 3.63) is 11.8 Å². The average Bonchev–Trinajstić information content (AvgIpc) is 2.13. The minimum absolute atomic E-state index is 0.991. The molecule has 0 aromatic carbocycles. The van der Waals surface area contributed by atoms with Crippen LogP contribution in [-0.4, -0.2) is 33.6 Å². The standard InChI is InChI=1S/C11H25NSi/c1-6-13(7-2,8-3)11-9-10-12(4)5/h9,11H,6-8,10H2,1-5H3. The number of rotatable bonds is 6. The van der Waals surface area contributed by atoms with Crippen molar-refractivity contribution < 1.29 is 0 Å². The molecule has 0 aliphatic carbocycles. The summed E-state index contributed by atoms with van der Waals surface area (Å²) in [6.45, 7) is 8.13. The van der Waals surface area contributed by atoms with E-state index in [0.717, 1.165) is 6.54 Å². The molecule has 0 aliphatic heterocycles. The van der Waals surface area contributed by atoms with Crippen LogP contribution < -0.4 is 0 Å². The van der Waals surface area contributed by atoms with Crippen LogP contribution in [0.2, 0.25) is 18.1 Å². The molecule has 0 aromatic heterocycles. The molecule has 0 fully saturated rings. The topological polar surface area (TPSA) is 3.24 Å². The second-order valence-electron chi connectivity index (χ2n) is 4.09. The van der Waals surface area contributed by atoms with E-state index in [4.69, 9.17) is 0 Å². The van der Waals surface area contributed by atoms with Crippen molar-refractivity contribution in [2.75, 3.05) is 20.6 Å². The predicted molar refractivity (Wildman–Crippen MR) is 64.9 cm³/mol. The molecule has 0 amide bonds. The summed E-state index contributed by atoms with van der Waals surface area (Å²) in [5, 5.41) is 0. The lowest BCUT2D eigenvalue weighted by Gasteiger charge is -2.23. The fourth-order valence-electron chi connectivity index (χ4n) is 1.62. The van der Waals surface area contributed by atoms with Crippen molar-refractivity contribution in [1.82, 2.24) is 4.90 Å². The molecule has 0 aromatic rings. The number of hydrogen-bond donors (Lipinski definition) is 0. The van der Waals surface area contributed by atoms with E-state index < -0.39 is 8.07 Å². The minimum atomic E-state index is -0.991. The van der Waals surface area contributed by atoms with Gasteiger partial charge in [-0.2, -0.15) is 0 Å². The first-order chi connectivity index (χ1) is 6.10. The van der Waals surface area contributed by atoms with Crippen LogP contribution in [0.25, 0.3) is 0 Å². The normalized spacial score (nSPS) is 13.1. The monoisotopic (exact) mass is 199 g/mol. The maximum atomic E-state index is 2.55. The molecule has 0 saturated heterocycles. The quantitative estimate of drug-likeness (QED) is 0.594. The summed E-state index contributed by atoms with van der Waals surface area (Å²) in [5.74, 6) is 0. The number of likely N-dealkylation sites (N-methyl/N-ethyl adjacent to an activating group) is 1. The van der Waals surface area contributed by atoms with Gasteiger partial charge in [0, 0.05) is 6.54 Å². The fourth-order valence-corrected chi connectivity index (χ4v) is 4.43. The van der Waals surface area contributed by atoms with Crippen LogP contribution in [0.3, 0.4) is 0 Å². The van der Waals surface area contributed by atoms with Crippen molar-refractivity contribution in [2.45, 2.75) is 38.9 Å². The molecular weight excluding hydrogens is 174 g/mol. The Morgan fingerprint density at radius 2 is 1.46 bits per heavy atom. The SMILES string of the molecule is CC[Si](C=CCN(C)C)(CC)CC. The number of nitrogens with zero attached hydrogens (tertiary/aromatic N) is 1. The van der Waals surface area contributed by atoms with E-state index >= 15 is 0 Å². The van der Waals surface area contributed by atoms with E-state index in [0.29, 0.717) is 0 Å². The maximum Gasteiger partial charge on any atom is 0.0766 e. The molecule has 0 spiro atoms. The van der Waals surface area contributed by atoms with Gasteiger partial charge in [-0.25, -0.2) is 0 Å². The molecular formula is C11H25NSi. The summed E-state index contributed by atoms with van der Waals surface area (Å²) in [6.07, 6.45) is 2.36. The third-order valence-corrected chi connectivity index (χ3v) is 8.22. The molecule has 0 aliphatic rings. The first-order valence-corrected chi connectivity index (χ1v) is 8.12. The van der Waals surface area contributed by atoms with Crippen LogP contribution in [0, 0.1) is 0 Å². The lowest BCUT2D eigenvalue weighted by atomic mass is 10.6. The van der Waals surface area contributed by atoms with E-state index in [-0.39, 0.29) is 0 Å². The Morgan fingerprint density at radius 3 is 1.77 bits per heavy atom. The molecule has 2 heteroatoms. The average molecular weight is 199 g/mol. The van der Waals surface area contributed by atoms with Crippen LogP contribution >= 0.6 is 0 Å². The van der Waals surface area contributed by atoms with Gasteiger partial charge >= 0.3 is 0 Å². The molecule has 0 bridgehead atoms.